The quantitative estimate of drug-likeness (QED) is 0.757. The maximum atomic E-state index is 11.9. The summed E-state index contributed by atoms with van der Waals surface area (Å²) in [5.74, 6) is 0.375. The molecule has 1 aliphatic rings. The van der Waals surface area contributed by atoms with Crippen LogP contribution in [0.15, 0.2) is 18.2 Å². The van der Waals surface area contributed by atoms with Gasteiger partial charge in [-0.15, -0.1) is 0 Å². The summed E-state index contributed by atoms with van der Waals surface area (Å²) in [6.45, 7) is -0.0255. The second kappa shape index (κ2) is 6.99. The summed E-state index contributed by atoms with van der Waals surface area (Å²) in [5.41, 5.74) is 0.812. The van der Waals surface area contributed by atoms with E-state index in [1.165, 1.54) is 19.1 Å². The van der Waals surface area contributed by atoms with Crippen LogP contribution in [0.25, 0.3) is 0 Å². The van der Waals surface area contributed by atoms with Crippen molar-refractivity contribution in [3.63, 3.8) is 0 Å². The van der Waals surface area contributed by atoms with E-state index in [2.05, 4.69) is 5.32 Å². The Balaban J connectivity index is 1.92. The van der Waals surface area contributed by atoms with E-state index in [0.29, 0.717) is 11.5 Å². The van der Waals surface area contributed by atoms with Crippen molar-refractivity contribution in [2.24, 2.45) is 0 Å². The van der Waals surface area contributed by atoms with Crippen LogP contribution < -0.4 is 14.8 Å². The highest BCUT2D eigenvalue weighted by Gasteiger charge is 2.34. The van der Waals surface area contributed by atoms with Crippen LogP contribution in [0.5, 0.6) is 11.5 Å². The SMILES string of the molecule is COc1ccc(CNC(=O)CN2C(=O)CN(C)C2=O)cc1OC. The van der Waals surface area contributed by atoms with Crippen molar-refractivity contribution in [1.82, 2.24) is 15.1 Å². The molecule has 1 heterocycles. The number of likely N-dealkylation sites (N-methyl/N-ethyl adjacent to an activating group) is 1. The lowest BCUT2D eigenvalue weighted by molar-refractivity contribution is -0.130. The number of ether oxygens (including phenoxy) is 2. The van der Waals surface area contributed by atoms with Crippen molar-refractivity contribution in [3.05, 3.63) is 23.8 Å². The van der Waals surface area contributed by atoms with Gasteiger partial charge in [-0.3, -0.25) is 14.5 Å². The minimum atomic E-state index is -0.462. The lowest BCUT2D eigenvalue weighted by Gasteiger charge is -2.14. The van der Waals surface area contributed by atoms with Crippen LogP contribution in [0.3, 0.4) is 0 Å². The van der Waals surface area contributed by atoms with Crippen molar-refractivity contribution < 1.29 is 23.9 Å². The Bertz CT molecular complexity index is 632. The maximum absolute atomic E-state index is 11.9. The normalized spacial score (nSPS) is 14.2. The fourth-order valence-corrected chi connectivity index (χ4v) is 2.22. The molecule has 1 aliphatic heterocycles. The molecular formula is C15H19N3O5. The smallest absolute Gasteiger partial charge is 0.327 e. The molecule has 1 fully saturated rings. The zero-order valence-corrected chi connectivity index (χ0v) is 13.3. The average Bonchev–Trinajstić information content (AvgIpc) is 2.78. The molecule has 0 radical (unpaired) electrons. The first-order chi connectivity index (χ1) is 11.0. The number of imide groups is 1. The summed E-state index contributed by atoms with van der Waals surface area (Å²) in [4.78, 5) is 37.4. The molecule has 1 aromatic carbocycles. The van der Waals surface area contributed by atoms with Gasteiger partial charge in [0.15, 0.2) is 11.5 Å². The minimum Gasteiger partial charge on any atom is -0.493 e. The third kappa shape index (κ3) is 3.71. The van der Waals surface area contributed by atoms with Crippen molar-refractivity contribution in [2.45, 2.75) is 6.54 Å². The number of hydrogen-bond donors (Lipinski definition) is 1. The molecule has 1 saturated heterocycles. The van der Waals surface area contributed by atoms with Crippen LogP contribution in [-0.2, 0) is 16.1 Å². The van der Waals surface area contributed by atoms with E-state index in [4.69, 9.17) is 9.47 Å². The summed E-state index contributed by atoms with van der Waals surface area (Å²) in [5, 5.41) is 2.67. The number of methoxy groups -OCH3 is 2. The highest BCUT2D eigenvalue weighted by Crippen LogP contribution is 2.27. The van der Waals surface area contributed by atoms with Gasteiger partial charge in [0, 0.05) is 13.6 Å². The third-order valence-electron chi connectivity index (χ3n) is 3.47. The predicted molar refractivity (Wildman–Crippen MR) is 81.1 cm³/mol. The van der Waals surface area contributed by atoms with Crippen molar-refractivity contribution in [1.29, 1.82) is 0 Å². The van der Waals surface area contributed by atoms with Gasteiger partial charge in [0.05, 0.1) is 14.2 Å². The number of carbonyl (C=O) groups is 3. The summed E-state index contributed by atoms with van der Waals surface area (Å²) < 4.78 is 10.3. The molecule has 0 unspecified atom stereocenters. The van der Waals surface area contributed by atoms with Gasteiger partial charge in [0.2, 0.25) is 5.91 Å². The monoisotopic (exact) mass is 321 g/mol. The number of urea groups is 1. The zero-order chi connectivity index (χ0) is 17.0. The number of amides is 4. The lowest BCUT2D eigenvalue weighted by Crippen LogP contribution is -2.40. The van der Waals surface area contributed by atoms with Gasteiger partial charge in [-0.25, -0.2) is 4.79 Å². The van der Waals surface area contributed by atoms with E-state index in [1.54, 1.807) is 25.3 Å². The van der Waals surface area contributed by atoms with Crippen LogP contribution in [-0.4, -0.2) is 62.0 Å². The Morgan fingerprint density at radius 3 is 2.48 bits per heavy atom. The van der Waals surface area contributed by atoms with Crippen LogP contribution in [0.1, 0.15) is 5.56 Å². The molecule has 0 bridgehead atoms. The van der Waals surface area contributed by atoms with E-state index >= 15 is 0 Å². The molecule has 0 saturated carbocycles. The fourth-order valence-electron chi connectivity index (χ4n) is 2.22. The van der Waals surface area contributed by atoms with Gasteiger partial charge >= 0.3 is 6.03 Å². The summed E-state index contributed by atoms with van der Waals surface area (Å²) in [7, 11) is 4.59. The van der Waals surface area contributed by atoms with E-state index in [0.717, 1.165) is 10.5 Å². The molecule has 0 aromatic heterocycles. The first-order valence-corrected chi connectivity index (χ1v) is 6.99. The maximum Gasteiger partial charge on any atom is 0.327 e. The van der Waals surface area contributed by atoms with Gasteiger partial charge in [-0.2, -0.15) is 0 Å². The fraction of sp³-hybridized carbons (Fsp3) is 0.400. The van der Waals surface area contributed by atoms with Crippen LogP contribution in [0.2, 0.25) is 0 Å². The Kier molecular flexibility index (Phi) is 5.05. The van der Waals surface area contributed by atoms with Crippen LogP contribution in [0.4, 0.5) is 4.79 Å². The molecule has 23 heavy (non-hydrogen) atoms. The van der Waals surface area contributed by atoms with Gasteiger partial charge in [0.25, 0.3) is 5.91 Å². The number of carbonyl (C=O) groups excluding carboxylic acids is 3. The molecule has 124 valence electrons. The first kappa shape index (κ1) is 16.6. The second-order valence-electron chi connectivity index (χ2n) is 5.08. The molecule has 0 atom stereocenters. The number of nitrogens with one attached hydrogen (secondary N) is 1. The van der Waals surface area contributed by atoms with Crippen molar-refractivity contribution in [3.8, 4) is 11.5 Å². The molecule has 8 nitrogen and oxygen atoms in total. The molecule has 0 aliphatic carbocycles. The highest BCUT2D eigenvalue weighted by atomic mass is 16.5. The van der Waals surface area contributed by atoms with Gasteiger partial charge in [0.1, 0.15) is 13.1 Å². The number of hydrogen-bond acceptors (Lipinski definition) is 5. The average molecular weight is 321 g/mol. The van der Waals surface area contributed by atoms with Gasteiger partial charge in [-0.05, 0) is 17.7 Å². The first-order valence-electron chi connectivity index (χ1n) is 6.99. The number of nitrogens with zero attached hydrogens (tertiary/aromatic N) is 2. The lowest BCUT2D eigenvalue weighted by atomic mass is 10.2. The largest absolute Gasteiger partial charge is 0.493 e. The van der Waals surface area contributed by atoms with Gasteiger partial charge in [-0.1, -0.05) is 6.07 Å². The van der Waals surface area contributed by atoms with Crippen molar-refractivity contribution >= 4 is 17.8 Å². The molecule has 8 heteroatoms. The van der Waals surface area contributed by atoms with E-state index in [9.17, 15) is 14.4 Å². The Hall–Kier alpha value is -2.77. The van der Waals surface area contributed by atoms with Crippen LogP contribution >= 0.6 is 0 Å². The van der Waals surface area contributed by atoms with Crippen molar-refractivity contribution in [2.75, 3.05) is 34.4 Å². The van der Waals surface area contributed by atoms with Crippen LogP contribution in [0, 0.1) is 0 Å². The highest BCUT2D eigenvalue weighted by molar-refractivity contribution is 6.04. The molecule has 1 aromatic rings. The van der Waals surface area contributed by atoms with Gasteiger partial charge < -0.3 is 19.7 Å². The molecule has 1 N–H and O–H groups in total. The number of rotatable bonds is 6. The summed E-state index contributed by atoms with van der Waals surface area (Å²) in [6.07, 6.45) is 0. The Morgan fingerprint density at radius 1 is 1.22 bits per heavy atom. The second-order valence-corrected chi connectivity index (χ2v) is 5.08. The summed E-state index contributed by atoms with van der Waals surface area (Å²) >= 11 is 0. The minimum absolute atomic E-state index is 0.00178. The summed E-state index contributed by atoms with van der Waals surface area (Å²) in [6, 6.07) is 4.82. The Labute approximate surface area is 133 Å². The van der Waals surface area contributed by atoms with E-state index in [1.807, 2.05) is 0 Å². The molecule has 2 rings (SSSR count). The third-order valence-corrected chi connectivity index (χ3v) is 3.47. The standard InChI is InChI=1S/C15H19N3O5/c1-17-9-14(20)18(15(17)21)8-13(19)16-7-10-4-5-11(22-2)12(6-10)23-3/h4-6H,7-9H2,1-3H3,(H,16,19). The molecular weight excluding hydrogens is 302 g/mol. The van der Waals surface area contributed by atoms with E-state index in [-0.39, 0.29) is 25.5 Å². The molecule has 0 spiro atoms. The molecule has 4 amide bonds. The Morgan fingerprint density at radius 2 is 1.91 bits per heavy atom. The number of benzene rings is 1. The predicted octanol–water partition coefficient (Wildman–Crippen LogP) is 0.214. The van der Waals surface area contributed by atoms with E-state index < -0.39 is 11.9 Å². The zero-order valence-electron chi connectivity index (χ0n) is 13.3. The topological polar surface area (TPSA) is 88.2 Å².